The largest absolute Gasteiger partial charge is 0.481 e. The predicted molar refractivity (Wildman–Crippen MR) is 78.0 cm³/mol. The zero-order valence-corrected chi connectivity index (χ0v) is 13.0. The summed E-state index contributed by atoms with van der Waals surface area (Å²) >= 11 is 0. The Labute approximate surface area is 125 Å². The first-order valence-electron chi connectivity index (χ1n) is 7.73. The van der Waals surface area contributed by atoms with Gasteiger partial charge in [-0.2, -0.15) is 0 Å². The van der Waals surface area contributed by atoms with Gasteiger partial charge < -0.3 is 20.0 Å². The molecule has 6 nitrogen and oxygen atoms in total. The van der Waals surface area contributed by atoms with E-state index in [4.69, 9.17) is 0 Å². The number of carboxylic acids is 1. The Morgan fingerprint density at radius 1 is 1.19 bits per heavy atom. The lowest BCUT2D eigenvalue weighted by atomic mass is 9.78. The monoisotopic (exact) mass is 298 g/mol. The fraction of sp³-hybridized carbons (Fsp3) is 0.867. The Bertz CT molecular complexity index is 416. The maximum Gasteiger partial charge on any atom is 0.320 e. The number of rotatable bonds is 3. The molecule has 120 valence electrons. The van der Waals surface area contributed by atoms with Gasteiger partial charge in [0, 0.05) is 13.6 Å². The van der Waals surface area contributed by atoms with Crippen molar-refractivity contribution in [1.82, 2.24) is 9.80 Å². The average Bonchev–Trinajstić information content (AvgIpc) is 2.77. The van der Waals surface area contributed by atoms with Crippen molar-refractivity contribution in [3.63, 3.8) is 0 Å². The van der Waals surface area contributed by atoms with Crippen LogP contribution in [0, 0.1) is 0 Å². The molecule has 1 aliphatic carbocycles. The first kappa shape index (κ1) is 16.1. The molecule has 2 N–H and O–H groups in total. The molecule has 0 spiro atoms. The summed E-state index contributed by atoms with van der Waals surface area (Å²) in [6.45, 7) is 2.58. The number of urea groups is 1. The molecule has 1 saturated heterocycles. The summed E-state index contributed by atoms with van der Waals surface area (Å²) in [5.74, 6) is -0.857. The summed E-state index contributed by atoms with van der Waals surface area (Å²) < 4.78 is 0. The summed E-state index contributed by atoms with van der Waals surface area (Å²) in [6.07, 6.45) is 5.07. The lowest BCUT2D eigenvalue weighted by Crippen LogP contribution is -2.56. The molecule has 0 aromatic rings. The van der Waals surface area contributed by atoms with Gasteiger partial charge in [0.2, 0.25) is 0 Å². The van der Waals surface area contributed by atoms with Crippen molar-refractivity contribution in [1.29, 1.82) is 0 Å². The molecule has 0 aromatic heterocycles. The molecule has 1 atom stereocenters. The topological polar surface area (TPSA) is 81.1 Å². The molecule has 2 aliphatic rings. The first-order chi connectivity index (χ1) is 9.76. The van der Waals surface area contributed by atoms with Crippen LogP contribution >= 0.6 is 0 Å². The molecule has 0 aromatic carbocycles. The second kappa shape index (κ2) is 5.83. The number of carbonyl (C=O) groups is 2. The van der Waals surface area contributed by atoms with E-state index < -0.39 is 17.1 Å². The van der Waals surface area contributed by atoms with E-state index in [1.165, 1.54) is 0 Å². The molecular formula is C15H26N2O4. The van der Waals surface area contributed by atoms with E-state index in [1.807, 2.05) is 0 Å². The fourth-order valence-electron chi connectivity index (χ4n) is 3.65. The van der Waals surface area contributed by atoms with Gasteiger partial charge in [-0.15, -0.1) is 0 Å². The number of hydrogen-bond acceptors (Lipinski definition) is 3. The maximum absolute atomic E-state index is 12.7. The number of carbonyl (C=O) groups excluding carboxylic acids is 1. The summed E-state index contributed by atoms with van der Waals surface area (Å²) in [4.78, 5) is 27.2. The van der Waals surface area contributed by atoms with Gasteiger partial charge in [0.05, 0.1) is 24.1 Å². The number of nitrogens with zero attached hydrogens (tertiary/aromatic N) is 2. The Kier molecular flexibility index (Phi) is 4.46. The number of carboxylic acid groups (broad SMARTS) is 1. The molecule has 21 heavy (non-hydrogen) atoms. The van der Waals surface area contributed by atoms with Crippen molar-refractivity contribution in [3.8, 4) is 0 Å². The molecule has 0 radical (unpaired) electrons. The second-order valence-electron chi connectivity index (χ2n) is 6.87. The third-order valence-electron chi connectivity index (χ3n) is 4.99. The van der Waals surface area contributed by atoms with Gasteiger partial charge in [-0.25, -0.2) is 4.79 Å². The van der Waals surface area contributed by atoms with Crippen molar-refractivity contribution in [2.75, 3.05) is 20.1 Å². The number of amides is 2. The third kappa shape index (κ3) is 3.48. The first-order valence-corrected chi connectivity index (χ1v) is 7.73. The van der Waals surface area contributed by atoms with Crippen molar-refractivity contribution in [3.05, 3.63) is 0 Å². The Morgan fingerprint density at radius 2 is 1.81 bits per heavy atom. The van der Waals surface area contributed by atoms with Crippen LogP contribution in [0.1, 0.15) is 51.9 Å². The van der Waals surface area contributed by atoms with Crippen molar-refractivity contribution < 1.29 is 19.8 Å². The molecule has 1 saturated carbocycles. The minimum atomic E-state index is -0.857. The van der Waals surface area contributed by atoms with E-state index in [2.05, 4.69) is 0 Å². The Hall–Kier alpha value is -1.30. The minimum absolute atomic E-state index is 0.000523. The molecular weight excluding hydrogens is 272 g/mol. The maximum atomic E-state index is 12.7. The Balaban J connectivity index is 2.12. The smallest absolute Gasteiger partial charge is 0.320 e. The molecule has 0 bridgehead atoms. The van der Waals surface area contributed by atoms with Crippen LogP contribution in [0.15, 0.2) is 0 Å². The van der Waals surface area contributed by atoms with Gasteiger partial charge in [0.25, 0.3) is 0 Å². The van der Waals surface area contributed by atoms with Gasteiger partial charge in [-0.3, -0.25) is 4.79 Å². The standard InChI is InChI=1S/C15H26N2O4/c1-14(21)8-9-17(11-14)13(20)16(2)15(10-12(18)19)6-4-3-5-7-15/h21H,3-11H2,1-2H3,(H,18,19). The third-order valence-corrected chi connectivity index (χ3v) is 4.99. The minimum Gasteiger partial charge on any atom is -0.481 e. The van der Waals surface area contributed by atoms with E-state index in [9.17, 15) is 19.8 Å². The zero-order chi connectivity index (χ0) is 15.7. The number of β-amino-alcohol motifs (C(OH)–C–C–N with tert-alkyl or cyclic N) is 1. The van der Waals surface area contributed by atoms with Crippen molar-refractivity contribution in [2.45, 2.75) is 63.0 Å². The molecule has 2 fully saturated rings. The summed E-state index contributed by atoms with van der Waals surface area (Å²) in [5.41, 5.74) is -1.40. The molecule has 1 heterocycles. The van der Waals surface area contributed by atoms with Crippen LogP contribution < -0.4 is 0 Å². The van der Waals surface area contributed by atoms with Gasteiger partial charge in [0.15, 0.2) is 0 Å². The van der Waals surface area contributed by atoms with Crippen LogP contribution in [0.2, 0.25) is 0 Å². The quantitative estimate of drug-likeness (QED) is 0.830. The average molecular weight is 298 g/mol. The summed E-state index contributed by atoms with van der Waals surface area (Å²) in [7, 11) is 1.71. The fourth-order valence-corrected chi connectivity index (χ4v) is 3.65. The lowest BCUT2D eigenvalue weighted by Gasteiger charge is -2.45. The van der Waals surface area contributed by atoms with Crippen LogP contribution in [0.25, 0.3) is 0 Å². The SMILES string of the molecule is CN(C(=O)N1CCC(C)(O)C1)C1(CC(=O)O)CCCCC1. The van der Waals surface area contributed by atoms with Gasteiger partial charge in [-0.1, -0.05) is 19.3 Å². The second-order valence-corrected chi connectivity index (χ2v) is 6.87. The lowest BCUT2D eigenvalue weighted by molar-refractivity contribution is -0.140. The Morgan fingerprint density at radius 3 is 2.29 bits per heavy atom. The number of likely N-dealkylation sites (tertiary alicyclic amines) is 1. The summed E-state index contributed by atoms with van der Waals surface area (Å²) in [5, 5.41) is 19.2. The van der Waals surface area contributed by atoms with E-state index in [-0.39, 0.29) is 12.5 Å². The molecule has 1 unspecified atom stereocenters. The normalized spacial score (nSPS) is 28.4. The zero-order valence-electron chi connectivity index (χ0n) is 13.0. The van der Waals surface area contributed by atoms with E-state index in [0.29, 0.717) is 19.5 Å². The number of aliphatic carboxylic acids is 1. The highest BCUT2D eigenvalue weighted by Gasteiger charge is 2.44. The van der Waals surface area contributed by atoms with Crippen molar-refractivity contribution >= 4 is 12.0 Å². The van der Waals surface area contributed by atoms with Crippen LogP contribution in [0.5, 0.6) is 0 Å². The van der Waals surface area contributed by atoms with Gasteiger partial charge in [-0.05, 0) is 26.2 Å². The van der Waals surface area contributed by atoms with Crippen LogP contribution in [-0.4, -0.2) is 63.3 Å². The predicted octanol–water partition coefficient (Wildman–Crippen LogP) is 1.67. The highest BCUT2D eigenvalue weighted by atomic mass is 16.4. The molecule has 6 heteroatoms. The van der Waals surface area contributed by atoms with E-state index >= 15 is 0 Å². The summed E-state index contributed by atoms with van der Waals surface area (Å²) in [6, 6.07) is -0.157. The van der Waals surface area contributed by atoms with E-state index in [1.54, 1.807) is 23.8 Å². The highest BCUT2D eigenvalue weighted by Crippen LogP contribution is 2.37. The van der Waals surface area contributed by atoms with E-state index in [0.717, 1.165) is 32.1 Å². The van der Waals surface area contributed by atoms with Crippen LogP contribution in [0.4, 0.5) is 4.79 Å². The van der Waals surface area contributed by atoms with Crippen molar-refractivity contribution in [2.24, 2.45) is 0 Å². The van der Waals surface area contributed by atoms with Crippen LogP contribution in [-0.2, 0) is 4.79 Å². The molecule has 2 rings (SSSR count). The van der Waals surface area contributed by atoms with Gasteiger partial charge in [0.1, 0.15) is 0 Å². The van der Waals surface area contributed by atoms with Crippen LogP contribution in [0.3, 0.4) is 0 Å². The number of hydrogen-bond donors (Lipinski definition) is 2. The molecule has 2 amide bonds. The highest BCUT2D eigenvalue weighted by molar-refractivity contribution is 5.77. The van der Waals surface area contributed by atoms with Gasteiger partial charge >= 0.3 is 12.0 Å². The number of aliphatic hydroxyl groups is 1. The molecule has 1 aliphatic heterocycles.